The molecule has 17 heavy (non-hydrogen) atoms. The van der Waals surface area contributed by atoms with Crippen LogP contribution < -0.4 is 10.5 Å². The minimum Gasteiger partial charge on any atom is -0.424 e. The predicted molar refractivity (Wildman–Crippen MR) is 62.4 cm³/mol. The Morgan fingerprint density at radius 2 is 2.18 bits per heavy atom. The van der Waals surface area contributed by atoms with Crippen molar-refractivity contribution in [3.63, 3.8) is 0 Å². The van der Waals surface area contributed by atoms with Crippen LogP contribution >= 0.6 is 0 Å². The average molecular weight is 226 g/mol. The van der Waals surface area contributed by atoms with E-state index in [1.165, 1.54) is 12.3 Å². The lowest BCUT2D eigenvalue weighted by Gasteiger charge is -2.05. The Labute approximate surface area is 98.5 Å². The number of hydrogen-bond donors (Lipinski definition) is 1. The van der Waals surface area contributed by atoms with Gasteiger partial charge < -0.3 is 10.5 Å². The second-order valence-corrected chi connectivity index (χ2v) is 3.46. The summed E-state index contributed by atoms with van der Waals surface area (Å²) in [5.41, 5.74) is 7.63. The molecular formula is C12H10N4O. The first kappa shape index (κ1) is 10.9. The van der Waals surface area contributed by atoms with E-state index in [1.54, 1.807) is 12.1 Å². The van der Waals surface area contributed by atoms with Crippen LogP contribution in [0.25, 0.3) is 0 Å². The van der Waals surface area contributed by atoms with Gasteiger partial charge in [0.15, 0.2) is 0 Å². The number of nitrogens with two attached hydrogens (primary N) is 1. The number of nitrogen functional groups attached to an aromatic ring is 1. The molecule has 2 rings (SSSR count). The minimum atomic E-state index is 0.132. The van der Waals surface area contributed by atoms with Crippen molar-refractivity contribution in [2.75, 3.05) is 5.73 Å². The zero-order chi connectivity index (χ0) is 12.3. The van der Waals surface area contributed by atoms with Gasteiger partial charge in [-0.15, -0.1) is 0 Å². The first-order chi connectivity index (χ1) is 8.19. The van der Waals surface area contributed by atoms with Crippen molar-refractivity contribution in [1.29, 1.82) is 5.26 Å². The second-order valence-electron chi connectivity index (χ2n) is 3.46. The number of hydrogen-bond acceptors (Lipinski definition) is 5. The molecule has 0 aliphatic rings. The smallest absolute Gasteiger partial charge is 0.323 e. The minimum absolute atomic E-state index is 0.132. The lowest BCUT2D eigenvalue weighted by Crippen LogP contribution is -1.95. The van der Waals surface area contributed by atoms with Gasteiger partial charge in [-0.1, -0.05) is 6.07 Å². The summed E-state index contributed by atoms with van der Waals surface area (Å²) < 4.78 is 5.40. The van der Waals surface area contributed by atoms with Crippen molar-refractivity contribution in [3.05, 3.63) is 41.7 Å². The molecule has 1 heterocycles. The Hall–Kier alpha value is -2.61. The van der Waals surface area contributed by atoms with Crippen LogP contribution in [0.5, 0.6) is 11.8 Å². The van der Waals surface area contributed by atoms with E-state index in [-0.39, 0.29) is 11.7 Å². The predicted octanol–water partition coefficient (Wildman–Crippen LogP) is 2.03. The van der Waals surface area contributed by atoms with Crippen LogP contribution in [0.4, 0.5) is 5.69 Å². The lowest BCUT2D eigenvalue weighted by molar-refractivity contribution is 0.441. The number of ether oxygens (including phenoxy) is 1. The highest BCUT2D eigenvalue weighted by molar-refractivity contribution is 5.51. The molecule has 1 aromatic heterocycles. The SMILES string of the molecule is Cc1ccc(Oc2nccc(C#N)n2)cc1N. The van der Waals surface area contributed by atoms with Crippen LogP contribution in [0.2, 0.25) is 0 Å². The number of benzene rings is 1. The molecule has 0 radical (unpaired) electrons. The summed E-state index contributed by atoms with van der Waals surface area (Å²) in [7, 11) is 0. The van der Waals surface area contributed by atoms with Gasteiger partial charge >= 0.3 is 6.01 Å². The Kier molecular flexibility index (Phi) is 2.88. The molecule has 0 aliphatic heterocycles. The summed E-state index contributed by atoms with van der Waals surface area (Å²) >= 11 is 0. The third-order valence-electron chi connectivity index (χ3n) is 2.21. The standard InChI is InChI=1S/C12H10N4O/c1-8-2-3-10(6-11(8)14)17-12-15-5-4-9(7-13)16-12/h2-6H,14H2,1H3. The topological polar surface area (TPSA) is 84.8 Å². The van der Waals surface area contributed by atoms with Gasteiger partial charge in [-0.2, -0.15) is 10.2 Å². The van der Waals surface area contributed by atoms with Gasteiger partial charge in [-0.05, 0) is 24.6 Å². The lowest BCUT2D eigenvalue weighted by atomic mass is 10.2. The summed E-state index contributed by atoms with van der Waals surface area (Å²) in [6.07, 6.45) is 1.47. The number of aromatic nitrogens is 2. The number of rotatable bonds is 2. The quantitative estimate of drug-likeness (QED) is 0.792. The summed E-state index contributed by atoms with van der Waals surface area (Å²) in [6, 6.07) is 8.87. The molecular weight excluding hydrogens is 216 g/mol. The Bertz CT molecular complexity index is 589. The maximum absolute atomic E-state index is 8.69. The van der Waals surface area contributed by atoms with Gasteiger partial charge in [0.25, 0.3) is 0 Å². The molecule has 0 aliphatic carbocycles. The van der Waals surface area contributed by atoms with E-state index in [4.69, 9.17) is 15.7 Å². The van der Waals surface area contributed by atoms with E-state index in [2.05, 4.69) is 9.97 Å². The van der Waals surface area contributed by atoms with E-state index < -0.39 is 0 Å². The monoisotopic (exact) mass is 226 g/mol. The number of anilines is 1. The van der Waals surface area contributed by atoms with Crippen LogP contribution in [0, 0.1) is 18.3 Å². The van der Waals surface area contributed by atoms with Crippen molar-refractivity contribution in [2.24, 2.45) is 0 Å². The summed E-state index contributed by atoms with van der Waals surface area (Å²) in [5.74, 6) is 0.545. The van der Waals surface area contributed by atoms with Gasteiger partial charge in [0.1, 0.15) is 17.5 Å². The van der Waals surface area contributed by atoms with Crippen molar-refractivity contribution in [3.8, 4) is 17.8 Å². The fraction of sp³-hybridized carbons (Fsp3) is 0.0833. The molecule has 2 N–H and O–H groups in total. The van der Waals surface area contributed by atoms with Gasteiger partial charge in [-0.25, -0.2) is 4.98 Å². The van der Waals surface area contributed by atoms with E-state index in [0.29, 0.717) is 11.4 Å². The van der Waals surface area contributed by atoms with Gasteiger partial charge in [0.2, 0.25) is 0 Å². The molecule has 0 saturated heterocycles. The number of aryl methyl sites for hydroxylation is 1. The van der Waals surface area contributed by atoms with E-state index in [1.807, 2.05) is 19.1 Å². The highest BCUT2D eigenvalue weighted by Gasteiger charge is 2.03. The third-order valence-corrected chi connectivity index (χ3v) is 2.21. The largest absolute Gasteiger partial charge is 0.424 e. The average Bonchev–Trinajstić information content (AvgIpc) is 2.34. The fourth-order valence-electron chi connectivity index (χ4n) is 1.24. The molecule has 0 amide bonds. The van der Waals surface area contributed by atoms with Crippen LogP contribution in [0.15, 0.2) is 30.5 Å². The van der Waals surface area contributed by atoms with Crippen molar-refractivity contribution in [1.82, 2.24) is 9.97 Å². The Morgan fingerprint density at radius 1 is 1.35 bits per heavy atom. The number of nitrogens with zero attached hydrogens (tertiary/aromatic N) is 3. The van der Waals surface area contributed by atoms with Gasteiger partial charge in [-0.3, -0.25) is 0 Å². The third kappa shape index (κ3) is 2.49. The van der Waals surface area contributed by atoms with Crippen molar-refractivity contribution in [2.45, 2.75) is 6.92 Å². The first-order valence-electron chi connectivity index (χ1n) is 4.96. The molecule has 0 unspecified atom stereocenters. The molecule has 0 fully saturated rings. The molecule has 1 aromatic carbocycles. The zero-order valence-electron chi connectivity index (χ0n) is 9.21. The van der Waals surface area contributed by atoms with E-state index in [9.17, 15) is 0 Å². The number of nitriles is 1. The molecule has 5 heteroatoms. The molecule has 2 aromatic rings. The van der Waals surface area contributed by atoms with E-state index in [0.717, 1.165) is 5.56 Å². The summed E-state index contributed by atoms with van der Waals surface area (Å²) in [5, 5.41) is 8.69. The highest BCUT2D eigenvalue weighted by Crippen LogP contribution is 2.22. The van der Waals surface area contributed by atoms with Crippen LogP contribution in [-0.4, -0.2) is 9.97 Å². The molecule has 0 bridgehead atoms. The molecule has 0 spiro atoms. The molecule has 5 nitrogen and oxygen atoms in total. The van der Waals surface area contributed by atoms with Crippen LogP contribution in [-0.2, 0) is 0 Å². The van der Waals surface area contributed by atoms with Gasteiger partial charge in [0, 0.05) is 18.0 Å². The molecule has 0 atom stereocenters. The highest BCUT2D eigenvalue weighted by atomic mass is 16.5. The Morgan fingerprint density at radius 3 is 2.88 bits per heavy atom. The van der Waals surface area contributed by atoms with Crippen molar-refractivity contribution >= 4 is 5.69 Å². The van der Waals surface area contributed by atoms with Gasteiger partial charge in [0.05, 0.1) is 0 Å². The van der Waals surface area contributed by atoms with Crippen LogP contribution in [0.1, 0.15) is 11.3 Å². The maximum atomic E-state index is 8.69. The Balaban J connectivity index is 2.25. The summed E-state index contributed by atoms with van der Waals surface area (Å²) in [6.45, 7) is 1.91. The molecule has 84 valence electrons. The van der Waals surface area contributed by atoms with Crippen molar-refractivity contribution < 1.29 is 4.74 Å². The summed E-state index contributed by atoms with van der Waals surface area (Å²) in [4.78, 5) is 7.81. The second kappa shape index (κ2) is 4.49. The van der Waals surface area contributed by atoms with Crippen LogP contribution in [0.3, 0.4) is 0 Å². The zero-order valence-corrected chi connectivity index (χ0v) is 9.21. The van der Waals surface area contributed by atoms with E-state index >= 15 is 0 Å². The fourth-order valence-corrected chi connectivity index (χ4v) is 1.24. The normalized spacial score (nSPS) is 9.65. The maximum Gasteiger partial charge on any atom is 0.323 e. The first-order valence-corrected chi connectivity index (χ1v) is 4.96. The molecule has 0 saturated carbocycles.